The molecule has 1 aromatic heterocycles. The van der Waals surface area contributed by atoms with Crippen LogP contribution in [0.2, 0.25) is 0 Å². The molecule has 1 heterocycles. The minimum Gasteiger partial charge on any atom is -0.502 e. The van der Waals surface area contributed by atoms with E-state index in [9.17, 15) is 9.90 Å². The number of aromatic hydroxyl groups is 1. The summed E-state index contributed by atoms with van der Waals surface area (Å²) in [5, 5.41) is 13.7. The van der Waals surface area contributed by atoms with Crippen molar-refractivity contribution in [2.75, 3.05) is 14.2 Å². The molecule has 7 nitrogen and oxygen atoms in total. The smallest absolute Gasteiger partial charge is 0.272 e. The Balaban J connectivity index is 2.11. The molecule has 2 rings (SSSR count). The molecule has 0 aliphatic carbocycles. The molecule has 0 atom stereocenters. The van der Waals surface area contributed by atoms with E-state index in [1.54, 1.807) is 24.3 Å². The van der Waals surface area contributed by atoms with E-state index in [0.717, 1.165) is 5.69 Å². The van der Waals surface area contributed by atoms with Gasteiger partial charge in [-0.1, -0.05) is 0 Å². The quantitative estimate of drug-likeness (QED) is 0.649. The highest BCUT2D eigenvalue weighted by Gasteiger charge is 2.10. The van der Waals surface area contributed by atoms with Gasteiger partial charge in [0.05, 0.1) is 26.0 Å². The summed E-state index contributed by atoms with van der Waals surface area (Å²) in [5.74, 6) is 0.0353. The number of pyridine rings is 1. The molecule has 120 valence electrons. The van der Waals surface area contributed by atoms with Gasteiger partial charge in [-0.25, -0.2) is 5.43 Å². The van der Waals surface area contributed by atoms with E-state index in [4.69, 9.17) is 9.47 Å². The lowest BCUT2D eigenvalue weighted by Gasteiger charge is -2.09. The Morgan fingerprint density at radius 3 is 2.43 bits per heavy atom. The Hall–Kier alpha value is -3.09. The molecule has 0 fully saturated rings. The van der Waals surface area contributed by atoms with Crippen LogP contribution in [0.15, 0.2) is 35.6 Å². The van der Waals surface area contributed by atoms with E-state index in [1.165, 1.54) is 26.6 Å². The number of aryl methyl sites for hydroxylation is 1. The average molecular weight is 315 g/mol. The lowest BCUT2D eigenvalue weighted by molar-refractivity contribution is 0.0955. The van der Waals surface area contributed by atoms with Gasteiger partial charge in [-0.2, -0.15) is 5.10 Å². The third-order valence-corrected chi connectivity index (χ3v) is 3.06. The van der Waals surface area contributed by atoms with Crippen LogP contribution < -0.4 is 14.9 Å². The second-order valence-corrected chi connectivity index (χ2v) is 4.66. The lowest BCUT2D eigenvalue weighted by Crippen LogP contribution is -2.17. The Labute approximate surface area is 133 Å². The van der Waals surface area contributed by atoms with Crippen LogP contribution in [0.3, 0.4) is 0 Å². The highest BCUT2D eigenvalue weighted by Crippen LogP contribution is 2.36. The molecule has 0 aliphatic heterocycles. The monoisotopic (exact) mass is 315 g/mol. The number of hydrogen-bond acceptors (Lipinski definition) is 6. The summed E-state index contributed by atoms with van der Waals surface area (Å²) in [7, 11) is 2.86. The highest BCUT2D eigenvalue weighted by molar-refractivity contribution is 5.94. The van der Waals surface area contributed by atoms with Crippen LogP contribution in [0.25, 0.3) is 0 Å². The van der Waals surface area contributed by atoms with Gasteiger partial charge >= 0.3 is 0 Å². The molecule has 0 aliphatic rings. The fourth-order valence-corrected chi connectivity index (χ4v) is 1.82. The topological polar surface area (TPSA) is 93.0 Å². The molecule has 1 aromatic carbocycles. The summed E-state index contributed by atoms with van der Waals surface area (Å²) in [6.45, 7) is 1.84. The van der Waals surface area contributed by atoms with Gasteiger partial charge in [0.25, 0.3) is 5.91 Å². The Morgan fingerprint density at radius 1 is 1.26 bits per heavy atom. The largest absolute Gasteiger partial charge is 0.502 e. The minimum atomic E-state index is -0.369. The number of hydrogen-bond donors (Lipinski definition) is 2. The van der Waals surface area contributed by atoms with Crippen molar-refractivity contribution < 1.29 is 19.4 Å². The van der Waals surface area contributed by atoms with E-state index < -0.39 is 0 Å². The number of amides is 1. The molecule has 0 radical (unpaired) electrons. The van der Waals surface area contributed by atoms with Crippen molar-refractivity contribution in [3.8, 4) is 17.2 Å². The van der Waals surface area contributed by atoms with Crippen LogP contribution in [-0.2, 0) is 0 Å². The van der Waals surface area contributed by atoms with E-state index >= 15 is 0 Å². The van der Waals surface area contributed by atoms with Crippen LogP contribution >= 0.6 is 0 Å². The first-order valence-corrected chi connectivity index (χ1v) is 6.76. The van der Waals surface area contributed by atoms with Crippen LogP contribution in [0.1, 0.15) is 21.6 Å². The maximum absolute atomic E-state index is 11.9. The molecule has 1 amide bonds. The van der Waals surface area contributed by atoms with Crippen molar-refractivity contribution in [2.45, 2.75) is 6.92 Å². The number of nitrogens with one attached hydrogen (secondary N) is 1. The van der Waals surface area contributed by atoms with Gasteiger partial charge in [0.2, 0.25) is 5.75 Å². The molecule has 23 heavy (non-hydrogen) atoms. The number of carbonyl (C=O) groups excluding carboxylic acids is 1. The van der Waals surface area contributed by atoms with Crippen molar-refractivity contribution in [1.29, 1.82) is 0 Å². The number of phenols is 1. The van der Waals surface area contributed by atoms with Crippen molar-refractivity contribution in [3.63, 3.8) is 0 Å². The number of benzene rings is 1. The lowest BCUT2D eigenvalue weighted by atomic mass is 10.2. The maximum Gasteiger partial charge on any atom is 0.272 e. The van der Waals surface area contributed by atoms with Gasteiger partial charge in [-0.05, 0) is 31.2 Å². The molecule has 0 spiro atoms. The van der Waals surface area contributed by atoms with Crippen molar-refractivity contribution in [3.05, 3.63) is 47.3 Å². The van der Waals surface area contributed by atoms with Crippen LogP contribution in [0.4, 0.5) is 0 Å². The second kappa shape index (κ2) is 7.26. The number of rotatable bonds is 5. The molecular weight excluding hydrogens is 298 g/mol. The number of nitrogens with zero attached hydrogens (tertiary/aromatic N) is 2. The van der Waals surface area contributed by atoms with E-state index in [-0.39, 0.29) is 23.2 Å². The molecule has 2 N–H and O–H groups in total. The predicted molar refractivity (Wildman–Crippen MR) is 85.2 cm³/mol. The molecule has 0 unspecified atom stereocenters. The SMILES string of the molecule is COc1cc(/C=N/NC(=O)c2ccc(C)nc2)cc(OC)c1O. The first kappa shape index (κ1) is 16.3. The zero-order valence-corrected chi connectivity index (χ0v) is 13.0. The summed E-state index contributed by atoms with van der Waals surface area (Å²) in [5.41, 5.74) is 4.24. The van der Waals surface area contributed by atoms with Crippen LogP contribution in [0.5, 0.6) is 17.2 Å². The molecule has 0 saturated carbocycles. The number of ether oxygens (including phenoxy) is 2. The Kier molecular flexibility index (Phi) is 5.14. The number of phenolic OH excluding ortho intramolecular Hbond substituents is 1. The van der Waals surface area contributed by atoms with E-state index in [2.05, 4.69) is 15.5 Å². The summed E-state index contributed by atoms with van der Waals surface area (Å²) in [4.78, 5) is 15.9. The third kappa shape index (κ3) is 3.97. The number of methoxy groups -OCH3 is 2. The Morgan fingerprint density at radius 2 is 1.91 bits per heavy atom. The van der Waals surface area contributed by atoms with E-state index in [1.807, 2.05) is 6.92 Å². The zero-order chi connectivity index (χ0) is 16.8. The predicted octanol–water partition coefficient (Wildman–Crippen LogP) is 1.88. The van der Waals surface area contributed by atoms with Gasteiger partial charge < -0.3 is 14.6 Å². The molecule has 0 bridgehead atoms. The maximum atomic E-state index is 11.9. The van der Waals surface area contributed by atoms with Gasteiger partial charge in [-0.15, -0.1) is 0 Å². The Bertz CT molecular complexity index is 702. The molecule has 7 heteroatoms. The summed E-state index contributed by atoms with van der Waals surface area (Å²) in [6.07, 6.45) is 2.90. The number of carbonyl (C=O) groups is 1. The van der Waals surface area contributed by atoms with Gasteiger partial charge in [0, 0.05) is 17.5 Å². The normalized spacial score (nSPS) is 10.6. The molecular formula is C16H17N3O4. The summed E-state index contributed by atoms with van der Waals surface area (Å²) in [6, 6.07) is 6.55. The molecule has 2 aromatic rings. The first-order valence-electron chi connectivity index (χ1n) is 6.76. The number of aromatic nitrogens is 1. The standard InChI is InChI=1S/C16H17N3O4/c1-10-4-5-12(9-17-10)16(21)19-18-8-11-6-13(22-2)15(20)14(7-11)23-3/h4-9,20H,1-3H3,(H,19,21)/b18-8+. The highest BCUT2D eigenvalue weighted by atomic mass is 16.5. The first-order chi connectivity index (χ1) is 11.0. The van der Waals surface area contributed by atoms with Gasteiger partial charge in [-0.3, -0.25) is 9.78 Å². The van der Waals surface area contributed by atoms with Crippen molar-refractivity contribution in [2.24, 2.45) is 5.10 Å². The van der Waals surface area contributed by atoms with Crippen molar-refractivity contribution >= 4 is 12.1 Å². The van der Waals surface area contributed by atoms with E-state index in [0.29, 0.717) is 11.1 Å². The van der Waals surface area contributed by atoms with Gasteiger partial charge in [0.15, 0.2) is 11.5 Å². The van der Waals surface area contributed by atoms with Gasteiger partial charge in [0.1, 0.15) is 0 Å². The summed E-state index contributed by atoms with van der Waals surface area (Å²) >= 11 is 0. The minimum absolute atomic E-state index is 0.0954. The fraction of sp³-hybridized carbons (Fsp3) is 0.188. The fourth-order valence-electron chi connectivity index (χ4n) is 1.82. The van der Waals surface area contributed by atoms with Crippen LogP contribution in [0, 0.1) is 6.92 Å². The average Bonchev–Trinajstić information content (AvgIpc) is 2.56. The zero-order valence-electron chi connectivity index (χ0n) is 13.0. The van der Waals surface area contributed by atoms with Crippen LogP contribution in [-0.4, -0.2) is 36.4 Å². The third-order valence-electron chi connectivity index (χ3n) is 3.06. The molecule has 0 saturated heterocycles. The second-order valence-electron chi connectivity index (χ2n) is 4.66. The number of hydrazone groups is 1. The summed E-state index contributed by atoms with van der Waals surface area (Å²) < 4.78 is 10.1. The van der Waals surface area contributed by atoms with Crippen molar-refractivity contribution in [1.82, 2.24) is 10.4 Å².